The molecule has 70 valence electrons. The largest absolute Gasteiger partial charge is 0.497 e. The van der Waals surface area contributed by atoms with Crippen molar-refractivity contribution < 1.29 is 9.13 Å². The first-order chi connectivity index (χ1) is 6.33. The van der Waals surface area contributed by atoms with Gasteiger partial charge in [-0.05, 0) is 30.2 Å². The highest BCUT2D eigenvalue weighted by atomic mass is 19.1. The molecule has 0 bridgehead atoms. The molecule has 2 rings (SSSR count). The van der Waals surface area contributed by atoms with E-state index in [0.29, 0.717) is 0 Å². The normalized spacial score (nSPS) is 19.4. The predicted molar refractivity (Wildman–Crippen MR) is 50.1 cm³/mol. The molecular weight excluding hydrogens is 169 g/mol. The first-order valence-electron chi connectivity index (χ1n) is 4.33. The third-order valence-corrected chi connectivity index (χ3v) is 2.32. The van der Waals surface area contributed by atoms with Crippen LogP contribution in [0.3, 0.4) is 0 Å². The SMILES string of the molecule is COc1ccc2c(c1)CC(CF)N2. The van der Waals surface area contributed by atoms with Crippen molar-refractivity contribution in [1.29, 1.82) is 0 Å². The molecule has 1 aromatic rings. The van der Waals surface area contributed by atoms with E-state index in [2.05, 4.69) is 5.32 Å². The lowest BCUT2D eigenvalue weighted by molar-refractivity contribution is 0.414. The Kier molecular flexibility index (Phi) is 2.08. The Morgan fingerprint density at radius 1 is 1.62 bits per heavy atom. The number of rotatable bonds is 2. The van der Waals surface area contributed by atoms with Crippen molar-refractivity contribution in [3.63, 3.8) is 0 Å². The summed E-state index contributed by atoms with van der Waals surface area (Å²) >= 11 is 0. The maximum Gasteiger partial charge on any atom is 0.119 e. The van der Waals surface area contributed by atoms with Crippen LogP contribution in [0.15, 0.2) is 18.2 Å². The molecule has 0 amide bonds. The fraction of sp³-hybridized carbons (Fsp3) is 0.400. The fourth-order valence-corrected chi connectivity index (χ4v) is 1.64. The highest BCUT2D eigenvalue weighted by molar-refractivity contribution is 5.59. The van der Waals surface area contributed by atoms with Crippen molar-refractivity contribution in [1.82, 2.24) is 0 Å². The van der Waals surface area contributed by atoms with E-state index in [1.54, 1.807) is 7.11 Å². The molecule has 0 fully saturated rings. The smallest absolute Gasteiger partial charge is 0.119 e. The molecule has 1 heterocycles. The first-order valence-corrected chi connectivity index (χ1v) is 4.33. The lowest BCUT2D eigenvalue weighted by atomic mass is 10.1. The number of alkyl halides is 1. The van der Waals surface area contributed by atoms with Crippen molar-refractivity contribution in [2.75, 3.05) is 19.1 Å². The number of methoxy groups -OCH3 is 1. The summed E-state index contributed by atoms with van der Waals surface area (Å²) in [6, 6.07) is 5.72. The third kappa shape index (κ3) is 1.46. The molecule has 13 heavy (non-hydrogen) atoms. The van der Waals surface area contributed by atoms with Crippen LogP contribution in [0, 0.1) is 0 Å². The quantitative estimate of drug-likeness (QED) is 0.753. The van der Waals surface area contributed by atoms with Gasteiger partial charge in [0.1, 0.15) is 12.4 Å². The monoisotopic (exact) mass is 181 g/mol. The van der Waals surface area contributed by atoms with Gasteiger partial charge in [-0.15, -0.1) is 0 Å². The maximum absolute atomic E-state index is 12.4. The molecule has 1 atom stereocenters. The van der Waals surface area contributed by atoms with E-state index in [1.165, 1.54) is 0 Å². The Morgan fingerprint density at radius 2 is 2.46 bits per heavy atom. The van der Waals surface area contributed by atoms with Gasteiger partial charge in [-0.25, -0.2) is 4.39 Å². The molecule has 0 saturated heterocycles. The van der Waals surface area contributed by atoms with Gasteiger partial charge in [-0.3, -0.25) is 0 Å². The summed E-state index contributed by atoms with van der Waals surface area (Å²) in [5, 5.41) is 3.10. The van der Waals surface area contributed by atoms with Crippen LogP contribution in [-0.2, 0) is 6.42 Å². The number of nitrogens with one attached hydrogen (secondary N) is 1. The molecule has 1 N–H and O–H groups in total. The van der Waals surface area contributed by atoms with E-state index in [4.69, 9.17) is 4.74 Å². The van der Waals surface area contributed by atoms with Crippen LogP contribution in [0.2, 0.25) is 0 Å². The molecule has 1 aromatic carbocycles. The van der Waals surface area contributed by atoms with Gasteiger partial charge in [0.15, 0.2) is 0 Å². The van der Waals surface area contributed by atoms with Gasteiger partial charge in [0.2, 0.25) is 0 Å². The lowest BCUT2D eigenvalue weighted by Crippen LogP contribution is -2.16. The zero-order chi connectivity index (χ0) is 9.26. The standard InChI is InChI=1S/C10H12FNO/c1-13-9-2-3-10-7(5-9)4-8(6-11)12-10/h2-3,5,8,12H,4,6H2,1H3. The first kappa shape index (κ1) is 8.35. The van der Waals surface area contributed by atoms with Gasteiger partial charge < -0.3 is 10.1 Å². The Hall–Kier alpha value is -1.25. The Balaban J connectivity index is 2.25. The Morgan fingerprint density at radius 3 is 3.15 bits per heavy atom. The van der Waals surface area contributed by atoms with Crippen LogP contribution in [0.25, 0.3) is 0 Å². The van der Waals surface area contributed by atoms with Gasteiger partial charge in [0.05, 0.1) is 13.2 Å². The van der Waals surface area contributed by atoms with Crippen molar-refractivity contribution in [3.05, 3.63) is 23.8 Å². The molecule has 0 aliphatic carbocycles. The van der Waals surface area contributed by atoms with Gasteiger partial charge in [-0.2, -0.15) is 0 Å². The minimum Gasteiger partial charge on any atom is -0.497 e. The summed E-state index contributed by atoms with van der Waals surface area (Å²) in [6.45, 7) is -0.322. The molecule has 2 nitrogen and oxygen atoms in total. The average molecular weight is 181 g/mol. The van der Waals surface area contributed by atoms with Gasteiger partial charge in [0.25, 0.3) is 0 Å². The van der Waals surface area contributed by atoms with Crippen LogP contribution >= 0.6 is 0 Å². The molecule has 0 spiro atoms. The van der Waals surface area contributed by atoms with E-state index < -0.39 is 0 Å². The number of hydrogen-bond acceptors (Lipinski definition) is 2. The van der Waals surface area contributed by atoms with Crippen LogP contribution < -0.4 is 10.1 Å². The minimum atomic E-state index is -0.322. The lowest BCUT2D eigenvalue weighted by Gasteiger charge is -2.04. The summed E-state index contributed by atoms with van der Waals surface area (Å²) in [5.41, 5.74) is 2.17. The molecule has 0 radical (unpaired) electrons. The van der Waals surface area contributed by atoms with Crippen LogP contribution in [0.5, 0.6) is 5.75 Å². The van der Waals surface area contributed by atoms with Crippen molar-refractivity contribution >= 4 is 5.69 Å². The molecule has 0 aromatic heterocycles. The molecule has 1 unspecified atom stereocenters. The van der Waals surface area contributed by atoms with Crippen LogP contribution in [0.4, 0.5) is 10.1 Å². The molecule has 3 heteroatoms. The number of halogens is 1. The summed E-state index contributed by atoms with van der Waals surface area (Å²) in [4.78, 5) is 0. The predicted octanol–water partition coefficient (Wildman–Crippen LogP) is 2.00. The van der Waals surface area contributed by atoms with E-state index in [0.717, 1.165) is 23.4 Å². The topological polar surface area (TPSA) is 21.3 Å². The molecule has 1 aliphatic rings. The maximum atomic E-state index is 12.4. The second kappa shape index (κ2) is 3.24. The van der Waals surface area contributed by atoms with E-state index in [-0.39, 0.29) is 12.7 Å². The summed E-state index contributed by atoms with van der Waals surface area (Å²) in [5.74, 6) is 0.833. The Bertz CT molecular complexity index is 314. The molecular formula is C10H12FNO. The average Bonchev–Trinajstić information content (AvgIpc) is 2.58. The fourth-order valence-electron chi connectivity index (χ4n) is 1.64. The highest BCUT2D eigenvalue weighted by Gasteiger charge is 2.20. The number of anilines is 1. The molecule has 1 aliphatic heterocycles. The summed E-state index contributed by atoms with van der Waals surface area (Å²) in [7, 11) is 1.64. The zero-order valence-electron chi connectivity index (χ0n) is 7.51. The number of ether oxygens (including phenoxy) is 1. The number of hydrogen-bond donors (Lipinski definition) is 1. The van der Waals surface area contributed by atoms with Crippen molar-refractivity contribution in [3.8, 4) is 5.75 Å². The second-order valence-electron chi connectivity index (χ2n) is 3.22. The second-order valence-corrected chi connectivity index (χ2v) is 3.22. The van der Waals surface area contributed by atoms with Gasteiger partial charge in [-0.1, -0.05) is 0 Å². The van der Waals surface area contributed by atoms with Crippen LogP contribution in [-0.4, -0.2) is 19.8 Å². The minimum absolute atomic E-state index is 0.0536. The molecule has 0 saturated carbocycles. The van der Waals surface area contributed by atoms with E-state index >= 15 is 0 Å². The zero-order valence-corrected chi connectivity index (χ0v) is 7.51. The van der Waals surface area contributed by atoms with E-state index in [1.807, 2.05) is 18.2 Å². The summed E-state index contributed by atoms with van der Waals surface area (Å²) < 4.78 is 17.4. The van der Waals surface area contributed by atoms with Crippen molar-refractivity contribution in [2.45, 2.75) is 12.5 Å². The third-order valence-electron chi connectivity index (χ3n) is 2.32. The van der Waals surface area contributed by atoms with Crippen LogP contribution in [0.1, 0.15) is 5.56 Å². The van der Waals surface area contributed by atoms with E-state index in [9.17, 15) is 4.39 Å². The summed E-state index contributed by atoms with van der Waals surface area (Å²) in [6.07, 6.45) is 0.753. The van der Waals surface area contributed by atoms with Gasteiger partial charge in [0, 0.05) is 5.69 Å². The Labute approximate surface area is 76.7 Å². The van der Waals surface area contributed by atoms with Crippen molar-refractivity contribution in [2.24, 2.45) is 0 Å². The van der Waals surface area contributed by atoms with Gasteiger partial charge >= 0.3 is 0 Å². The highest BCUT2D eigenvalue weighted by Crippen LogP contribution is 2.29. The number of fused-ring (bicyclic) bond motifs is 1. The number of benzene rings is 1.